The van der Waals surface area contributed by atoms with Crippen LogP contribution < -0.4 is 5.32 Å². The van der Waals surface area contributed by atoms with Gasteiger partial charge in [0.05, 0.1) is 0 Å². The molecule has 1 heterocycles. The highest BCUT2D eigenvalue weighted by molar-refractivity contribution is 5.73. The highest BCUT2D eigenvalue weighted by Crippen LogP contribution is 2.16. The van der Waals surface area contributed by atoms with Crippen molar-refractivity contribution in [2.45, 2.75) is 38.3 Å². The second-order valence-electron chi connectivity index (χ2n) is 4.02. The second kappa shape index (κ2) is 5.32. The second-order valence-corrected chi connectivity index (χ2v) is 4.02. The van der Waals surface area contributed by atoms with E-state index < -0.39 is 12.0 Å². The van der Waals surface area contributed by atoms with Crippen LogP contribution in [0.2, 0.25) is 0 Å². The van der Waals surface area contributed by atoms with Crippen LogP contribution in [0.25, 0.3) is 0 Å². The van der Waals surface area contributed by atoms with Gasteiger partial charge in [-0.3, -0.25) is 9.69 Å². The van der Waals surface area contributed by atoms with Gasteiger partial charge in [0.15, 0.2) is 0 Å². The highest BCUT2D eigenvalue weighted by Gasteiger charge is 2.24. The lowest BCUT2D eigenvalue weighted by atomic mass is 10.0. The number of aliphatic carboxylic acids is 1. The molecule has 82 valence electrons. The number of carbonyl (C=O) groups is 1. The van der Waals surface area contributed by atoms with Gasteiger partial charge in [-0.25, -0.2) is 0 Å². The molecule has 4 heteroatoms. The topological polar surface area (TPSA) is 52.6 Å². The van der Waals surface area contributed by atoms with Crippen LogP contribution in [0.1, 0.15) is 26.2 Å². The van der Waals surface area contributed by atoms with Gasteiger partial charge in [-0.2, -0.15) is 0 Å². The van der Waals surface area contributed by atoms with Crippen LogP contribution in [0.15, 0.2) is 0 Å². The number of likely N-dealkylation sites (tertiary alicyclic amines) is 1. The third kappa shape index (κ3) is 2.96. The predicted octanol–water partition coefficient (Wildman–Crippen LogP) is 0.533. The first-order chi connectivity index (χ1) is 6.65. The van der Waals surface area contributed by atoms with E-state index in [1.807, 2.05) is 0 Å². The summed E-state index contributed by atoms with van der Waals surface area (Å²) in [4.78, 5) is 13.1. The number of carboxylic acids is 1. The zero-order valence-corrected chi connectivity index (χ0v) is 8.99. The van der Waals surface area contributed by atoms with E-state index in [2.05, 4.69) is 17.1 Å². The smallest absolute Gasteiger partial charge is 0.322 e. The summed E-state index contributed by atoms with van der Waals surface area (Å²) in [7, 11) is 1.70. The SMILES string of the molecule is CNC(CN1CCCCC1C)C(=O)O. The summed E-state index contributed by atoms with van der Waals surface area (Å²) in [5.41, 5.74) is 0. The zero-order valence-electron chi connectivity index (χ0n) is 8.99. The predicted molar refractivity (Wildman–Crippen MR) is 55.4 cm³/mol. The number of nitrogens with one attached hydrogen (secondary N) is 1. The van der Waals surface area contributed by atoms with Crippen LogP contribution in [0, 0.1) is 0 Å². The maximum Gasteiger partial charge on any atom is 0.322 e. The number of rotatable bonds is 4. The summed E-state index contributed by atoms with van der Waals surface area (Å²) >= 11 is 0. The third-order valence-corrected chi connectivity index (χ3v) is 3.00. The molecule has 1 fully saturated rings. The minimum absolute atomic E-state index is 0.435. The molecular weight excluding hydrogens is 180 g/mol. The van der Waals surface area contributed by atoms with E-state index >= 15 is 0 Å². The molecular formula is C10H20N2O2. The third-order valence-electron chi connectivity index (χ3n) is 3.00. The first kappa shape index (κ1) is 11.5. The number of piperidine rings is 1. The van der Waals surface area contributed by atoms with Crippen molar-refractivity contribution in [1.82, 2.24) is 10.2 Å². The van der Waals surface area contributed by atoms with Gasteiger partial charge in [-0.15, -0.1) is 0 Å². The van der Waals surface area contributed by atoms with Crippen molar-refractivity contribution >= 4 is 5.97 Å². The van der Waals surface area contributed by atoms with E-state index in [1.54, 1.807) is 7.05 Å². The molecule has 14 heavy (non-hydrogen) atoms. The number of hydrogen-bond donors (Lipinski definition) is 2. The largest absolute Gasteiger partial charge is 0.480 e. The standard InChI is InChI=1S/C10H20N2O2/c1-8-5-3-4-6-12(8)7-9(11-2)10(13)14/h8-9,11H,3-7H2,1-2H3,(H,13,14). The molecule has 0 spiro atoms. The molecule has 0 aromatic carbocycles. The van der Waals surface area contributed by atoms with Crippen molar-refractivity contribution in [3.8, 4) is 0 Å². The van der Waals surface area contributed by atoms with E-state index in [-0.39, 0.29) is 0 Å². The minimum Gasteiger partial charge on any atom is -0.480 e. The summed E-state index contributed by atoms with van der Waals surface area (Å²) in [6.07, 6.45) is 3.66. The summed E-state index contributed by atoms with van der Waals surface area (Å²) < 4.78 is 0. The van der Waals surface area contributed by atoms with E-state index in [0.29, 0.717) is 12.6 Å². The van der Waals surface area contributed by atoms with E-state index in [4.69, 9.17) is 5.11 Å². The number of nitrogens with zero attached hydrogens (tertiary/aromatic N) is 1. The van der Waals surface area contributed by atoms with E-state index in [0.717, 1.165) is 6.54 Å². The van der Waals surface area contributed by atoms with E-state index in [1.165, 1.54) is 19.3 Å². The van der Waals surface area contributed by atoms with Gasteiger partial charge in [0.2, 0.25) is 0 Å². The fourth-order valence-corrected chi connectivity index (χ4v) is 1.96. The molecule has 1 aliphatic rings. The summed E-state index contributed by atoms with van der Waals surface area (Å²) in [6.45, 7) is 3.83. The molecule has 0 radical (unpaired) electrons. The van der Waals surface area contributed by atoms with Crippen LogP contribution in [0.3, 0.4) is 0 Å². The van der Waals surface area contributed by atoms with Crippen molar-refractivity contribution in [3.05, 3.63) is 0 Å². The fraction of sp³-hybridized carbons (Fsp3) is 0.900. The Kier molecular flexibility index (Phi) is 4.35. The molecule has 2 atom stereocenters. The molecule has 0 amide bonds. The van der Waals surface area contributed by atoms with Crippen molar-refractivity contribution < 1.29 is 9.90 Å². The summed E-state index contributed by atoms with van der Waals surface area (Å²) in [5.74, 6) is -0.759. The van der Waals surface area contributed by atoms with Gasteiger partial charge >= 0.3 is 5.97 Å². The Morgan fingerprint density at radius 2 is 2.36 bits per heavy atom. The molecule has 0 aliphatic carbocycles. The Morgan fingerprint density at radius 1 is 1.64 bits per heavy atom. The molecule has 1 saturated heterocycles. The average molecular weight is 200 g/mol. The molecule has 2 N–H and O–H groups in total. The number of likely N-dealkylation sites (N-methyl/N-ethyl adjacent to an activating group) is 1. The van der Waals surface area contributed by atoms with Gasteiger partial charge in [0.25, 0.3) is 0 Å². The maximum absolute atomic E-state index is 10.8. The minimum atomic E-state index is -0.759. The molecule has 1 rings (SSSR count). The summed E-state index contributed by atoms with van der Waals surface area (Å²) in [5, 5.41) is 11.7. The first-order valence-corrected chi connectivity index (χ1v) is 5.29. The van der Waals surface area contributed by atoms with Crippen molar-refractivity contribution in [1.29, 1.82) is 0 Å². The van der Waals surface area contributed by atoms with Crippen LogP contribution in [0.5, 0.6) is 0 Å². The van der Waals surface area contributed by atoms with Gasteiger partial charge in [0, 0.05) is 12.6 Å². The Balaban J connectivity index is 2.43. The van der Waals surface area contributed by atoms with Crippen LogP contribution in [-0.2, 0) is 4.79 Å². The molecule has 4 nitrogen and oxygen atoms in total. The first-order valence-electron chi connectivity index (χ1n) is 5.29. The lowest BCUT2D eigenvalue weighted by Gasteiger charge is -2.34. The zero-order chi connectivity index (χ0) is 10.6. The molecule has 0 aromatic heterocycles. The maximum atomic E-state index is 10.8. The van der Waals surface area contributed by atoms with Crippen molar-refractivity contribution in [3.63, 3.8) is 0 Å². The molecule has 0 aromatic rings. The molecule has 0 bridgehead atoms. The number of carboxylic acid groups (broad SMARTS) is 1. The Morgan fingerprint density at radius 3 is 2.86 bits per heavy atom. The van der Waals surface area contributed by atoms with Crippen LogP contribution >= 0.6 is 0 Å². The van der Waals surface area contributed by atoms with Gasteiger partial charge in [-0.05, 0) is 33.4 Å². The lowest BCUT2D eigenvalue weighted by molar-refractivity contribution is -0.140. The van der Waals surface area contributed by atoms with Crippen LogP contribution in [0.4, 0.5) is 0 Å². The fourth-order valence-electron chi connectivity index (χ4n) is 1.96. The quantitative estimate of drug-likeness (QED) is 0.695. The normalized spacial score (nSPS) is 26.0. The van der Waals surface area contributed by atoms with Gasteiger partial charge in [0.1, 0.15) is 6.04 Å². The molecule has 1 aliphatic heterocycles. The van der Waals surface area contributed by atoms with E-state index in [9.17, 15) is 4.79 Å². The molecule has 0 saturated carbocycles. The Labute approximate surface area is 85.3 Å². The highest BCUT2D eigenvalue weighted by atomic mass is 16.4. The number of hydrogen-bond acceptors (Lipinski definition) is 3. The van der Waals surface area contributed by atoms with Crippen LogP contribution in [-0.4, -0.2) is 48.2 Å². The van der Waals surface area contributed by atoms with Gasteiger partial charge < -0.3 is 10.4 Å². The Bertz CT molecular complexity index is 197. The van der Waals surface area contributed by atoms with Crippen molar-refractivity contribution in [2.24, 2.45) is 0 Å². The average Bonchev–Trinajstić information content (AvgIpc) is 2.16. The monoisotopic (exact) mass is 200 g/mol. The van der Waals surface area contributed by atoms with Gasteiger partial charge in [-0.1, -0.05) is 6.42 Å². The Hall–Kier alpha value is -0.610. The molecule has 2 unspecified atom stereocenters. The summed E-state index contributed by atoms with van der Waals surface area (Å²) in [6, 6.07) is 0.0921. The lowest BCUT2D eigenvalue weighted by Crippen LogP contribution is -2.49. The van der Waals surface area contributed by atoms with Crippen molar-refractivity contribution in [2.75, 3.05) is 20.1 Å².